The van der Waals surface area contributed by atoms with E-state index in [1.807, 2.05) is 24.0 Å². The number of nitrogens with one attached hydrogen (secondary N) is 1. The highest BCUT2D eigenvalue weighted by molar-refractivity contribution is 8.93. The maximum atomic E-state index is 13.7. The van der Waals surface area contributed by atoms with E-state index < -0.39 is 30.8 Å². The van der Waals surface area contributed by atoms with Crippen LogP contribution in [0, 0.1) is 0 Å². The molecule has 10 nitrogen and oxygen atoms in total. The van der Waals surface area contributed by atoms with Crippen LogP contribution in [-0.2, 0) is 13.6 Å². The molecule has 2 aromatic heterocycles. The molecule has 17 heteroatoms. The Morgan fingerprint density at radius 1 is 0.870 bits per heavy atom. The van der Waals surface area contributed by atoms with Crippen LogP contribution >= 0.6 is 17.0 Å². The molecule has 1 fully saturated rings. The molecule has 1 atom stereocenters. The molecule has 1 saturated heterocycles. The van der Waals surface area contributed by atoms with Crippen LogP contribution in [0.25, 0.3) is 10.9 Å². The Labute approximate surface area is 316 Å². The molecular formula is C37H34BrF6N5O5. The fourth-order valence-electron chi connectivity index (χ4n) is 5.89. The summed E-state index contributed by atoms with van der Waals surface area (Å²) < 4.78 is 90.9. The fourth-order valence-corrected chi connectivity index (χ4v) is 5.89. The Hall–Kier alpha value is -5.29. The Morgan fingerprint density at radius 3 is 2.19 bits per heavy atom. The second-order valence-electron chi connectivity index (χ2n) is 12.4. The van der Waals surface area contributed by atoms with Gasteiger partial charge in [0.15, 0.2) is 6.61 Å². The Morgan fingerprint density at radius 2 is 1.56 bits per heavy atom. The van der Waals surface area contributed by atoms with E-state index in [-0.39, 0.29) is 46.1 Å². The first kappa shape index (κ1) is 39.9. The normalized spacial score (nSPS) is 15.0. The number of alkyl halides is 6. The van der Waals surface area contributed by atoms with E-state index in [0.717, 1.165) is 28.6 Å². The molecule has 54 heavy (non-hydrogen) atoms. The minimum absolute atomic E-state index is 0. The third-order valence-electron chi connectivity index (χ3n) is 8.57. The fraction of sp³-hybridized carbons (Fsp3) is 0.270. The van der Waals surface area contributed by atoms with E-state index in [4.69, 9.17) is 9.47 Å². The van der Waals surface area contributed by atoms with Crippen LogP contribution in [0.3, 0.4) is 0 Å². The molecule has 3 aromatic carbocycles. The minimum Gasteiger partial charge on any atom is -0.484 e. The third kappa shape index (κ3) is 10.2. The summed E-state index contributed by atoms with van der Waals surface area (Å²) in [5.74, 6) is -0.269. The van der Waals surface area contributed by atoms with Crippen molar-refractivity contribution in [2.75, 3.05) is 31.6 Å². The molecule has 2 amide bonds. The van der Waals surface area contributed by atoms with Crippen molar-refractivity contribution in [3.05, 3.63) is 108 Å². The number of ether oxygens (including phenoxy) is 3. The van der Waals surface area contributed by atoms with Gasteiger partial charge in [0.1, 0.15) is 22.9 Å². The second kappa shape index (κ2) is 16.4. The first-order chi connectivity index (χ1) is 25.1. The van der Waals surface area contributed by atoms with Crippen LogP contribution in [0.4, 0.5) is 32.0 Å². The predicted octanol–water partition coefficient (Wildman–Crippen LogP) is 8.38. The summed E-state index contributed by atoms with van der Waals surface area (Å²) in [6.07, 6.45) is -7.86. The molecule has 3 heterocycles. The first-order valence-electron chi connectivity index (χ1n) is 16.3. The number of aryl methyl sites for hydroxylation is 1. The summed E-state index contributed by atoms with van der Waals surface area (Å²) in [6, 6.07) is 21.4. The Bertz CT molecular complexity index is 2070. The SMILES string of the molecule is Br.CC1CN(C(=O)c2cc3ccc(Oc4ccc(NC(=O)c5ccc(OC(F)(F)F)cc5)cn4)cc3n2C)CCN1Cc1ccc(OCC(F)(F)F)cc1. The van der Waals surface area contributed by atoms with Gasteiger partial charge in [0.25, 0.3) is 11.8 Å². The first-order valence-corrected chi connectivity index (χ1v) is 16.3. The van der Waals surface area contributed by atoms with Gasteiger partial charge in [-0.1, -0.05) is 12.1 Å². The van der Waals surface area contributed by atoms with Crippen molar-refractivity contribution >= 4 is 45.4 Å². The number of amides is 2. The minimum atomic E-state index is -4.84. The molecule has 6 rings (SSSR count). The van der Waals surface area contributed by atoms with Gasteiger partial charge in [-0.05, 0) is 73.2 Å². The summed E-state index contributed by atoms with van der Waals surface area (Å²) in [7, 11) is 1.80. The highest BCUT2D eigenvalue weighted by Crippen LogP contribution is 2.29. The van der Waals surface area contributed by atoms with E-state index in [9.17, 15) is 35.9 Å². The average molecular weight is 823 g/mol. The van der Waals surface area contributed by atoms with Crippen molar-refractivity contribution in [1.29, 1.82) is 0 Å². The van der Waals surface area contributed by atoms with E-state index in [1.54, 1.807) is 48.0 Å². The number of carbonyl (C=O) groups is 2. The molecule has 0 radical (unpaired) electrons. The van der Waals surface area contributed by atoms with Gasteiger partial charge in [-0.15, -0.1) is 30.2 Å². The Balaban J connectivity index is 0.00000561. The molecule has 0 saturated carbocycles. The average Bonchev–Trinajstić information content (AvgIpc) is 3.43. The lowest BCUT2D eigenvalue weighted by Gasteiger charge is -2.40. The zero-order valence-electron chi connectivity index (χ0n) is 28.8. The van der Waals surface area contributed by atoms with Crippen LogP contribution in [0.1, 0.15) is 33.3 Å². The van der Waals surface area contributed by atoms with Gasteiger partial charge in [0.2, 0.25) is 5.88 Å². The van der Waals surface area contributed by atoms with Crippen LogP contribution in [0.2, 0.25) is 0 Å². The molecule has 0 bridgehead atoms. The van der Waals surface area contributed by atoms with Gasteiger partial charge < -0.3 is 29.0 Å². The quantitative estimate of drug-likeness (QED) is 0.142. The van der Waals surface area contributed by atoms with Gasteiger partial charge in [-0.25, -0.2) is 4.98 Å². The number of hydrogen-bond donors (Lipinski definition) is 1. The predicted molar refractivity (Wildman–Crippen MR) is 192 cm³/mol. The topological polar surface area (TPSA) is 98.2 Å². The third-order valence-corrected chi connectivity index (χ3v) is 8.57. The monoisotopic (exact) mass is 821 g/mol. The van der Waals surface area contributed by atoms with Crippen LogP contribution in [0.5, 0.6) is 23.1 Å². The number of hydrogen-bond acceptors (Lipinski definition) is 7. The lowest BCUT2D eigenvalue weighted by Crippen LogP contribution is -2.53. The van der Waals surface area contributed by atoms with Gasteiger partial charge in [-0.2, -0.15) is 13.2 Å². The summed E-state index contributed by atoms with van der Waals surface area (Å²) in [5.41, 5.74) is 2.64. The highest BCUT2D eigenvalue weighted by atomic mass is 79.9. The van der Waals surface area contributed by atoms with Gasteiger partial charge in [0, 0.05) is 62.4 Å². The highest BCUT2D eigenvalue weighted by Gasteiger charge is 2.32. The maximum Gasteiger partial charge on any atom is 0.573 e. The number of benzene rings is 3. The molecule has 1 unspecified atom stereocenters. The van der Waals surface area contributed by atoms with Crippen molar-refractivity contribution in [3.63, 3.8) is 0 Å². The van der Waals surface area contributed by atoms with Crippen molar-refractivity contribution in [3.8, 4) is 23.1 Å². The van der Waals surface area contributed by atoms with Crippen molar-refractivity contribution in [2.24, 2.45) is 7.05 Å². The summed E-state index contributed by atoms with van der Waals surface area (Å²) in [5, 5.41) is 3.45. The largest absolute Gasteiger partial charge is 0.573 e. The van der Waals surface area contributed by atoms with Gasteiger partial charge >= 0.3 is 12.5 Å². The zero-order valence-corrected chi connectivity index (χ0v) is 30.5. The summed E-state index contributed by atoms with van der Waals surface area (Å²) in [6.45, 7) is 2.86. The lowest BCUT2D eigenvalue weighted by atomic mass is 10.1. The number of halogens is 7. The molecule has 0 aliphatic carbocycles. The van der Waals surface area contributed by atoms with Crippen LogP contribution < -0.4 is 19.5 Å². The number of aromatic nitrogens is 2. The number of anilines is 1. The lowest BCUT2D eigenvalue weighted by molar-refractivity contribution is -0.274. The smallest absolute Gasteiger partial charge is 0.484 e. The van der Waals surface area contributed by atoms with Crippen LogP contribution in [0.15, 0.2) is 91.1 Å². The van der Waals surface area contributed by atoms with E-state index in [1.165, 1.54) is 30.5 Å². The number of piperazine rings is 1. The number of fused-ring (bicyclic) bond motifs is 1. The number of nitrogens with zero attached hydrogens (tertiary/aromatic N) is 4. The summed E-state index contributed by atoms with van der Waals surface area (Å²) in [4.78, 5) is 34.5. The number of carbonyl (C=O) groups excluding carboxylic acids is 2. The van der Waals surface area contributed by atoms with Crippen molar-refractivity contribution in [1.82, 2.24) is 19.4 Å². The van der Waals surface area contributed by atoms with E-state index in [2.05, 4.69) is 19.9 Å². The molecule has 1 aliphatic rings. The molecule has 1 N–H and O–H groups in total. The Kier molecular flexibility index (Phi) is 12.1. The molecular weight excluding hydrogens is 788 g/mol. The summed E-state index contributed by atoms with van der Waals surface area (Å²) >= 11 is 0. The standard InChI is InChI=1S/C37H33F6N5O5.BrH/c1-23-20-48(16-15-47(23)21-24-3-9-28(10-4-24)51-22-36(38,39)40)35(50)32-17-26-7-13-30(18-31(26)46(32)2)52-33-14-8-27(19-44-33)45-34(49)25-5-11-29(12-6-25)53-37(41,42)43;/h3-14,17-19,23H,15-16,20-22H2,1-2H3,(H,45,49);1H. The van der Waals surface area contributed by atoms with Gasteiger partial charge in [-0.3, -0.25) is 14.5 Å². The molecule has 5 aromatic rings. The molecule has 286 valence electrons. The van der Waals surface area contributed by atoms with E-state index in [0.29, 0.717) is 43.3 Å². The van der Waals surface area contributed by atoms with Crippen LogP contribution in [-0.4, -0.2) is 76.0 Å². The van der Waals surface area contributed by atoms with Crippen molar-refractivity contribution < 1.29 is 50.1 Å². The zero-order chi connectivity index (χ0) is 37.9. The molecule has 1 aliphatic heterocycles. The van der Waals surface area contributed by atoms with Gasteiger partial charge in [0.05, 0.1) is 17.4 Å². The molecule has 0 spiro atoms. The second-order valence-corrected chi connectivity index (χ2v) is 12.4. The van der Waals surface area contributed by atoms with Crippen molar-refractivity contribution in [2.45, 2.75) is 32.0 Å². The number of rotatable bonds is 10. The number of pyridine rings is 1. The maximum absolute atomic E-state index is 13.7. The van der Waals surface area contributed by atoms with E-state index >= 15 is 0 Å².